The van der Waals surface area contributed by atoms with Crippen molar-refractivity contribution in [2.75, 3.05) is 26.7 Å². The van der Waals surface area contributed by atoms with Crippen LogP contribution < -0.4 is 4.74 Å². The molecule has 1 atom stereocenters. The molecule has 0 aliphatic carbocycles. The van der Waals surface area contributed by atoms with Crippen molar-refractivity contribution in [1.82, 2.24) is 14.7 Å². The molecule has 4 nitrogen and oxygen atoms in total. The third kappa shape index (κ3) is 3.42. The second-order valence-electron chi connectivity index (χ2n) is 6.55. The highest BCUT2D eigenvalue weighted by atomic mass is 35.5. The van der Waals surface area contributed by atoms with Gasteiger partial charge in [-0.2, -0.15) is 5.10 Å². The lowest BCUT2D eigenvalue weighted by Gasteiger charge is -2.38. The Morgan fingerprint density at radius 3 is 2.62 bits per heavy atom. The molecule has 0 spiro atoms. The van der Waals surface area contributed by atoms with E-state index in [2.05, 4.69) is 10.00 Å². The van der Waals surface area contributed by atoms with Crippen molar-refractivity contribution in [2.45, 2.75) is 32.2 Å². The number of likely N-dealkylation sites (tertiary alicyclic amines) is 1. The summed E-state index contributed by atoms with van der Waals surface area (Å²) in [5.74, 6) is -0.0487. The maximum Gasteiger partial charge on any atom is 0.282 e. The zero-order valence-corrected chi connectivity index (χ0v) is 15.6. The molecule has 2 heterocycles. The first-order valence-corrected chi connectivity index (χ1v) is 8.87. The maximum absolute atomic E-state index is 14.8. The third-order valence-electron chi connectivity index (χ3n) is 4.70. The van der Waals surface area contributed by atoms with Crippen molar-refractivity contribution in [3.63, 3.8) is 0 Å². The molecule has 0 radical (unpaired) electrons. The Morgan fingerprint density at radius 1 is 1.38 bits per heavy atom. The van der Waals surface area contributed by atoms with Gasteiger partial charge < -0.3 is 9.64 Å². The van der Waals surface area contributed by atoms with Gasteiger partial charge in [0.15, 0.2) is 0 Å². The summed E-state index contributed by atoms with van der Waals surface area (Å²) >= 11 is 6.15. The van der Waals surface area contributed by atoms with Gasteiger partial charge in [-0.15, -0.1) is 0 Å². The Morgan fingerprint density at radius 2 is 2.08 bits per heavy atom. The molecule has 0 N–H and O–H groups in total. The Labute approximate surface area is 155 Å². The molecule has 142 valence electrons. The van der Waals surface area contributed by atoms with Crippen LogP contribution in [0.3, 0.4) is 0 Å². The summed E-state index contributed by atoms with van der Waals surface area (Å²) in [4.78, 5) is 2.08. The number of rotatable bonds is 6. The summed E-state index contributed by atoms with van der Waals surface area (Å²) < 4.78 is 47.7. The van der Waals surface area contributed by atoms with Crippen molar-refractivity contribution in [3.8, 4) is 5.75 Å². The minimum absolute atomic E-state index is 0.00101. The minimum atomic E-state index is -2.65. The van der Waals surface area contributed by atoms with Crippen LogP contribution in [0.5, 0.6) is 5.75 Å². The molecule has 0 amide bonds. The van der Waals surface area contributed by atoms with Gasteiger partial charge in [0.1, 0.15) is 17.3 Å². The first-order chi connectivity index (χ1) is 12.3. The first-order valence-electron chi connectivity index (χ1n) is 8.49. The maximum atomic E-state index is 14.8. The fraction of sp³-hybridized carbons (Fsp3) is 0.500. The van der Waals surface area contributed by atoms with Gasteiger partial charge in [-0.1, -0.05) is 11.6 Å². The summed E-state index contributed by atoms with van der Waals surface area (Å²) in [7, 11) is 1.96. The fourth-order valence-corrected chi connectivity index (χ4v) is 3.56. The molecule has 1 aromatic heterocycles. The average molecular weight is 388 g/mol. The van der Waals surface area contributed by atoms with E-state index in [1.807, 2.05) is 14.0 Å². The molecule has 8 heteroatoms. The second-order valence-corrected chi connectivity index (χ2v) is 6.96. The van der Waals surface area contributed by atoms with Crippen molar-refractivity contribution in [3.05, 3.63) is 46.0 Å². The molecule has 0 bridgehead atoms. The van der Waals surface area contributed by atoms with Gasteiger partial charge >= 0.3 is 0 Å². The van der Waals surface area contributed by atoms with E-state index in [9.17, 15) is 13.2 Å². The van der Waals surface area contributed by atoms with Gasteiger partial charge in [0.05, 0.1) is 17.7 Å². The largest absolute Gasteiger partial charge is 0.493 e. The van der Waals surface area contributed by atoms with Crippen LogP contribution in [0.2, 0.25) is 5.02 Å². The Balaban J connectivity index is 2.07. The lowest BCUT2D eigenvalue weighted by Crippen LogP contribution is -2.42. The highest BCUT2D eigenvalue weighted by molar-refractivity contribution is 6.31. The van der Waals surface area contributed by atoms with E-state index in [0.717, 1.165) is 0 Å². The lowest BCUT2D eigenvalue weighted by molar-refractivity contribution is 0.144. The number of ether oxygens (including phenoxy) is 1. The van der Waals surface area contributed by atoms with Gasteiger partial charge in [0.2, 0.25) is 0 Å². The van der Waals surface area contributed by atoms with Crippen LogP contribution >= 0.6 is 11.6 Å². The summed E-state index contributed by atoms with van der Waals surface area (Å²) in [6, 6.07) is 2.34. The molecule has 1 aromatic carbocycles. The van der Waals surface area contributed by atoms with Gasteiger partial charge in [0, 0.05) is 36.3 Å². The number of nitrogens with zero attached hydrogens (tertiary/aromatic N) is 3. The van der Waals surface area contributed by atoms with Gasteiger partial charge in [-0.05, 0) is 33.0 Å². The fourth-order valence-electron chi connectivity index (χ4n) is 3.34. The summed E-state index contributed by atoms with van der Waals surface area (Å²) in [5.41, 5.74) is 0.788. The number of halogens is 4. The van der Waals surface area contributed by atoms with Gasteiger partial charge in [-0.3, -0.25) is 4.68 Å². The zero-order valence-electron chi connectivity index (χ0n) is 14.8. The van der Waals surface area contributed by atoms with E-state index in [1.165, 1.54) is 23.0 Å². The first kappa shape index (κ1) is 19.0. The normalized spacial score (nSPS) is 16.8. The zero-order chi connectivity index (χ0) is 19.0. The SMILES string of the molecule is CCOc1c(C(C)n2ccc(C(F)F)n2)cc(Cl)c(F)c1C1CN(C)C1. The monoisotopic (exact) mass is 387 g/mol. The van der Waals surface area contributed by atoms with Crippen LogP contribution in [-0.4, -0.2) is 41.4 Å². The van der Waals surface area contributed by atoms with Crippen LogP contribution in [0.25, 0.3) is 0 Å². The second kappa shape index (κ2) is 7.48. The van der Waals surface area contributed by atoms with Crippen molar-refractivity contribution < 1.29 is 17.9 Å². The van der Waals surface area contributed by atoms with Crippen LogP contribution in [0.4, 0.5) is 13.2 Å². The predicted molar refractivity (Wildman–Crippen MR) is 93.8 cm³/mol. The van der Waals surface area contributed by atoms with Crippen molar-refractivity contribution in [1.29, 1.82) is 0 Å². The number of aromatic nitrogens is 2. The molecule has 0 saturated carbocycles. The molecule has 2 aromatic rings. The van der Waals surface area contributed by atoms with Crippen molar-refractivity contribution >= 4 is 11.6 Å². The number of alkyl halides is 2. The lowest BCUT2D eigenvalue weighted by atomic mass is 9.88. The molecule has 26 heavy (non-hydrogen) atoms. The van der Waals surface area contributed by atoms with E-state index < -0.39 is 18.3 Å². The molecule has 3 rings (SSSR count). The molecule has 1 unspecified atom stereocenters. The molecule has 1 fully saturated rings. The predicted octanol–water partition coefficient (Wildman–Crippen LogP) is 4.65. The smallest absolute Gasteiger partial charge is 0.282 e. The number of hydrogen-bond acceptors (Lipinski definition) is 3. The topological polar surface area (TPSA) is 30.3 Å². The van der Waals surface area contributed by atoms with Crippen LogP contribution in [0, 0.1) is 5.82 Å². The van der Waals surface area contributed by atoms with E-state index in [-0.39, 0.29) is 16.6 Å². The van der Waals surface area contributed by atoms with Crippen LogP contribution in [-0.2, 0) is 0 Å². The average Bonchev–Trinajstić information content (AvgIpc) is 3.06. The molecular formula is C18H21ClF3N3O. The Bertz CT molecular complexity index is 790. The minimum Gasteiger partial charge on any atom is -0.493 e. The van der Waals surface area contributed by atoms with E-state index in [4.69, 9.17) is 16.3 Å². The van der Waals surface area contributed by atoms with E-state index in [0.29, 0.717) is 36.6 Å². The summed E-state index contributed by atoms with van der Waals surface area (Å²) in [6.45, 7) is 5.40. The highest BCUT2D eigenvalue weighted by Crippen LogP contribution is 2.43. The van der Waals surface area contributed by atoms with Gasteiger partial charge in [-0.25, -0.2) is 13.2 Å². The Hall–Kier alpha value is -1.73. The Kier molecular flexibility index (Phi) is 5.48. The molecule has 1 saturated heterocycles. The summed E-state index contributed by atoms with van der Waals surface area (Å²) in [5, 5.41) is 3.93. The highest BCUT2D eigenvalue weighted by Gasteiger charge is 2.34. The quantitative estimate of drug-likeness (QED) is 0.722. The molecular weight excluding hydrogens is 367 g/mol. The third-order valence-corrected chi connectivity index (χ3v) is 4.97. The van der Waals surface area contributed by atoms with Crippen LogP contribution in [0.1, 0.15) is 49.1 Å². The molecule has 1 aliphatic heterocycles. The van der Waals surface area contributed by atoms with Crippen LogP contribution in [0.15, 0.2) is 18.3 Å². The summed E-state index contributed by atoms with van der Waals surface area (Å²) in [6.07, 6.45) is -1.16. The molecule has 1 aliphatic rings. The number of benzene rings is 1. The van der Waals surface area contributed by atoms with E-state index >= 15 is 0 Å². The standard InChI is InChI=1S/C18H21ClF3N3O/c1-4-26-17-12(10(2)25-6-5-14(23-25)18(21)22)7-13(19)16(20)15(17)11-8-24(3)9-11/h5-7,10-11,18H,4,8-9H2,1-3H3. The number of hydrogen-bond donors (Lipinski definition) is 0. The van der Waals surface area contributed by atoms with Gasteiger partial charge in [0.25, 0.3) is 6.43 Å². The number of likely N-dealkylation sites (N-methyl/N-ethyl adjacent to an activating group) is 1. The van der Waals surface area contributed by atoms with Crippen molar-refractivity contribution in [2.24, 2.45) is 0 Å². The van der Waals surface area contributed by atoms with E-state index in [1.54, 1.807) is 6.92 Å².